The van der Waals surface area contributed by atoms with Crippen molar-refractivity contribution in [2.24, 2.45) is 0 Å². The predicted molar refractivity (Wildman–Crippen MR) is 117 cm³/mol. The fourth-order valence-corrected chi connectivity index (χ4v) is 4.33. The number of unbranched alkanes of at least 4 members (excludes halogenated alkanes) is 1. The molecule has 1 saturated heterocycles. The summed E-state index contributed by atoms with van der Waals surface area (Å²) in [7, 11) is 0. The van der Waals surface area contributed by atoms with E-state index in [-0.39, 0.29) is 14.9 Å². The number of thiocarbonyl (C=S) groups is 1. The highest BCUT2D eigenvalue weighted by atomic mass is 32.2. The number of benzene rings is 1. The summed E-state index contributed by atoms with van der Waals surface area (Å²) in [6.45, 7) is 1.94. The van der Waals surface area contributed by atoms with Crippen molar-refractivity contribution in [2.45, 2.75) is 32.2 Å². The molecule has 0 bridgehead atoms. The standard InChI is InChI=1S/C20H18N2O6S2/c1-2-3-7-15(19(24)25)21-18(23)17(30-20(21)29)11-14-8-9-16(28-14)12-5-4-6-13(10-12)22(26)27/h4-6,8-11,15H,2-3,7H2,1H3,(H,24,25)/b17-11+. The number of furan rings is 1. The molecule has 2 heterocycles. The number of thioether (sulfide) groups is 1. The zero-order valence-electron chi connectivity index (χ0n) is 15.9. The maximum absolute atomic E-state index is 12.8. The molecular formula is C20H18N2O6S2. The summed E-state index contributed by atoms with van der Waals surface area (Å²) in [6.07, 6.45) is 3.29. The van der Waals surface area contributed by atoms with E-state index in [1.54, 1.807) is 24.3 Å². The lowest BCUT2D eigenvalue weighted by Gasteiger charge is -2.22. The van der Waals surface area contributed by atoms with Crippen LogP contribution in [0.2, 0.25) is 0 Å². The number of carboxylic acid groups (broad SMARTS) is 1. The molecule has 8 nitrogen and oxygen atoms in total. The van der Waals surface area contributed by atoms with Gasteiger partial charge in [0.05, 0.1) is 9.83 Å². The fourth-order valence-electron chi connectivity index (χ4n) is 3.00. The lowest BCUT2D eigenvalue weighted by molar-refractivity contribution is -0.384. The molecular weight excluding hydrogens is 428 g/mol. The van der Waals surface area contributed by atoms with Crippen LogP contribution in [0.25, 0.3) is 17.4 Å². The van der Waals surface area contributed by atoms with Crippen LogP contribution in [0.15, 0.2) is 45.7 Å². The molecule has 0 radical (unpaired) electrons. The van der Waals surface area contributed by atoms with Crippen LogP contribution >= 0.6 is 24.0 Å². The number of nitro groups is 1. The van der Waals surface area contributed by atoms with Gasteiger partial charge in [0.1, 0.15) is 21.9 Å². The van der Waals surface area contributed by atoms with Crippen LogP contribution in [0.3, 0.4) is 0 Å². The van der Waals surface area contributed by atoms with Crippen molar-refractivity contribution in [3.63, 3.8) is 0 Å². The molecule has 1 aromatic carbocycles. The van der Waals surface area contributed by atoms with E-state index in [0.717, 1.165) is 23.1 Å². The summed E-state index contributed by atoms with van der Waals surface area (Å²) in [6, 6.07) is 8.30. The van der Waals surface area contributed by atoms with E-state index in [1.807, 2.05) is 6.92 Å². The highest BCUT2D eigenvalue weighted by Gasteiger charge is 2.40. The van der Waals surface area contributed by atoms with Gasteiger partial charge in [0.25, 0.3) is 11.6 Å². The molecule has 1 N–H and O–H groups in total. The number of aliphatic carboxylic acids is 1. The Kier molecular flexibility index (Phi) is 6.68. The Morgan fingerprint density at radius 1 is 1.40 bits per heavy atom. The first-order valence-corrected chi connectivity index (χ1v) is 10.4. The lowest BCUT2D eigenvalue weighted by atomic mass is 10.1. The van der Waals surface area contributed by atoms with Crippen LogP contribution in [0, 0.1) is 10.1 Å². The van der Waals surface area contributed by atoms with Gasteiger partial charge in [-0.1, -0.05) is 55.9 Å². The average Bonchev–Trinajstić information content (AvgIpc) is 3.28. The largest absolute Gasteiger partial charge is 0.480 e. The summed E-state index contributed by atoms with van der Waals surface area (Å²) in [5.74, 6) is -0.794. The van der Waals surface area contributed by atoms with E-state index in [1.165, 1.54) is 18.2 Å². The Morgan fingerprint density at radius 2 is 2.17 bits per heavy atom. The number of non-ortho nitro benzene ring substituents is 1. The van der Waals surface area contributed by atoms with Gasteiger partial charge in [-0.25, -0.2) is 4.79 Å². The number of nitrogens with zero attached hydrogens (tertiary/aromatic N) is 2. The van der Waals surface area contributed by atoms with Gasteiger partial charge in [-0.15, -0.1) is 0 Å². The number of carbonyl (C=O) groups excluding carboxylic acids is 1. The maximum Gasteiger partial charge on any atom is 0.326 e. The van der Waals surface area contributed by atoms with Gasteiger partial charge in [0.15, 0.2) is 0 Å². The van der Waals surface area contributed by atoms with E-state index in [0.29, 0.717) is 29.9 Å². The van der Waals surface area contributed by atoms with E-state index in [2.05, 4.69) is 0 Å². The molecule has 3 rings (SSSR count). The maximum atomic E-state index is 12.8. The van der Waals surface area contributed by atoms with Gasteiger partial charge < -0.3 is 9.52 Å². The first kappa shape index (κ1) is 21.7. The molecule has 2 aromatic rings. The topological polar surface area (TPSA) is 114 Å². The second-order valence-electron chi connectivity index (χ2n) is 6.56. The highest BCUT2D eigenvalue weighted by Crippen LogP contribution is 2.36. The normalized spacial score (nSPS) is 16.3. The predicted octanol–water partition coefficient (Wildman–Crippen LogP) is 4.70. The van der Waals surface area contributed by atoms with Crippen LogP contribution in [-0.2, 0) is 9.59 Å². The van der Waals surface area contributed by atoms with Crippen LogP contribution < -0.4 is 0 Å². The number of nitro benzene ring substituents is 1. The summed E-state index contributed by atoms with van der Waals surface area (Å²) in [4.78, 5) is 36.3. The van der Waals surface area contributed by atoms with E-state index >= 15 is 0 Å². The minimum Gasteiger partial charge on any atom is -0.480 e. The quantitative estimate of drug-likeness (QED) is 0.269. The Morgan fingerprint density at radius 3 is 2.83 bits per heavy atom. The molecule has 156 valence electrons. The van der Waals surface area contributed by atoms with Crippen LogP contribution in [0.1, 0.15) is 31.9 Å². The number of rotatable bonds is 8. The second kappa shape index (κ2) is 9.23. The first-order valence-electron chi connectivity index (χ1n) is 9.16. The molecule has 1 aliphatic heterocycles. The number of amides is 1. The third kappa shape index (κ3) is 4.60. The Balaban J connectivity index is 1.84. The van der Waals surface area contributed by atoms with Gasteiger partial charge in [0.2, 0.25) is 0 Å². The third-order valence-corrected chi connectivity index (χ3v) is 5.82. The van der Waals surface area contributed by atoms with Crippen molar-refractivity contribution in [2.75, 3.05) is 0 Å². The lowest BCUT2D eigenvalue weighted by Crippen LogP contribution is -2.43. The van der Waals surface area contributed by atoms with Gasteiger partial charge in [-0.05, 0) is 18.6 Å². The van der Waals surface area contributed by atoms with Crippen molar-refractivity contribution in [1.29, 1.82) is 0 Å². The zero-order valence-corrected chi connectivity index (χ0v) is 17.6. The molecule has 10 heteroatoms. The number of hydrogen-bond donors (Lipinski definition) is 1. The summed E-state index contributed by atoms with van der Waals surface area (Å²) in [5, 5.41) is 20.5. The first-order chi connectivity index (χ1) is 14.3. The average molecular weight is 447 g/mol. The zero-order chi connectivity index (χ0) is 21.8. The van der Waals surface area contributed by atoms with Gasteiger partial charge in [-0.3, -0.25) is 19.8 Å². The second-order valence-corrected chi connectivity index (χ2v) is 8.23. The van der Waals surface area contributed by atoms with Crippen molar-refractivity contribution in [3.05, 3.63) is 57.2 Å². The SMILES string of the molecule is CCCCC(C(=O)O)N1C(=O)/C(=C\c2ccc(-c3cccc([N+](=O)[O-])c3)o2)SC1=S. The Bertz CT molecular complexity index is 1050. The van der Waals surface area contributed by atoms with Crippen LogP contribution in [0.4, 0.5) is 5.69 Å². The molecule has 30 heavy (non-hydrogen) atoms. The third-order valence-electron chi connectivity index (χ3n) is 4.49. The fraction of sp³-hybridized carbons (Fsp3) is 0.250. The van der Waals surface area contributed by atoms with Crippen molar-refractivity contribution in [3.8, 4) is 11.3 Å². The Labute approximate surface area is 181 Å². The van der Waals surface area contributed by atoms with Gasteiger partial charge in [0, 0.05) is 23.8 Å². The molecule has 1 aromatic heterocycles. The van der Waals surface area contributed by atoms with Gasteiger partial charge >= 0.3 is 5.97 Å². The molecule has 0 spiro atoms. The monoisotopic (exact) mass is 446 g/mol. The molecule has 1 unspecified atom stereocenters. The molecule has 1 amide bonds. The summed E-state index contributed by atoms with van der Waals surface area (Å²) in [5.41, 5.74) is 0.472. The van der Waals surface area contributed by atoms with E-state index in [9.17, 15) is 24.8 Å². The molecule has 1 aliphatic rings. The van der Waals surface area contributed by atoms with E-state index < -0.39 is 22.8 Å². The van der Waals surface area contributed by atoms with Crippen molar-refractivity contribution < 1.29 is 24.0 Å². The molecule has 0 saturated carbocycles. The Hall–Kier alpha value is -2.98. The van der Waals surface area contributed by atoms with Crippen LogP contribution in [-0.4, -0.2) is 37.2 Å². The number of carbonyl (C=O) groups is 2. The number of carboxylic acids is 1. The summed E-state index contributed by atoms with van der Waals surface area (Å²) < 4.78 is 5.91. The van der Waals surface area contributed by atoms with Crippen molar-refractivity contribution in [1.82, 2.24) is 4.90 Å². The molecule has 1 atom stereocenters. The summed E-state index contributed by atoms with van der Waals surface area (Å²) >= 11 is 6.27. The van der Waals surface area contributed by atoms with Crippen molar-refractivity contribution >= 4 is 51.9 Å². The smallest absolute Gasteiger partial charge is 0.326 e. The minimum atomic E-state index is -1.09. The minimum absolute atomic E-state index is 0.0573. The van der Waals surface area contributed by atoms with E-state index in [4.69, 9.17) is 16.6 Å². The van der Waals surface area contributed by atoms with Gasteiger partial charge in [-0.2, -0.15) is 0 Å². The highest BCUT2D eigenvalue weighted by molar-refractivity contribution is 8.26. The molecule has 1 fully saturated rings. The number of hydrogen-bond acceptors (Lipinski definition) is 7. The van der Waals surface area contributed by atoms with Crippen LogP contribution in [0.5, 0.6) is 0 Å². The molecule has 0 aliphatic carbocycles.